The zero-order valence-electron chi connectivity index (χ0n) is 15.1. The molecule has 0 atom stereocenters. The lowest BCUT2D eigenvalue weighted by Crippen LogP contribution is -2.28. The maximum absolute atomic E-state index is 13.9. The molecule has 28 heavy (non-hydrogen) atoms. The third-order valence-corrected chi connectivity index (χ3v) is 3.61. The fourth-order valence-corrected chi connectivity index (χ4v) is 2.27. The number of aromatic hydroxyl groups is 1. The zero-order valence-corrected chi connectivity index (χ0v) is 15.1. The quantitative estimate of drug-likeness (QED) is 0.329. The van der Waals surface area contributed by atoms with E-state index in [1.165, 1.54) is 12.1 Å². The van der Waals surface area contributed by atoms with Gasteiger partial charge in [-0.2, -0.15) is 4.98 Å². The van der Waals surface area contributed by atoms with Crippen LogP contribution in [0.5, 0.6) is 17.2 Å². The Kier molecular flexibility index (Phi) is 6.42. The van der Waals surface area contributed by atoms with Crippen molar-refractivity contribution in [1.82, 2.24) is 15.4 Å². The van der Waals surface area contributed by atoms with E-state index in [1.807, 2.05) is 24.3 Å². The topological polar surface area (TPSA) is 101 Å². The highest BCUT2D eigenvalue weighted by Crippen LogP contribution is 2.21. The molecule has 9 heteroatoms. The molecule has 3 aromatic rings. The summed E-state index contributed by atoms with van der Waals surface area (Å²) >= 11 is 0. The van der Waals surface area contributed by atoms with Crippen molar-refractivity contribution in [3.05, 3.63) is 60.5 Å². The number of methoxy groups -OCH3 is 1. The van der Waals surface area contributed by atoms with Crippen molar-refractivity contribution in [3.8, 4) is 17.2 Å². The van der Waals surface area contributed by atoms with Gasteiger partial charge in [0.15, 0.2) is 11.6 Å². The molecule has 0 unspecified atom stereocenters. The third kappa shape index (κ3) is 5.45. The number of hydrogen-bond acceptors (Lipinski definition) is 8. The second-order valence-corrected chi connectivity index (χ2v) is 5.64. The number of anilines is 3. The summed E-state index contributed by atoms with van der Waals surface area (Å²) in [5.41, 5.74) is 6.19. The average Bonchev–Trinajstić information content (AvgIpc) is 2.70. The maximum atomic E-state index is 13.9. The minimum absolute atomic E-state index is 0.0145. The Morgan fingerprint density at radius 2 is 1.89 bits per heavy atom. The fourth-order valence-electron chi connectivity index (χ4n) is 2.27. The van der Waals surface area contributed by atoms with Crippen molar-refractivity contribution in [2.24, 2.45) is 0 Å². The van der Waals surface area contributed by atoms with Crippen molar-refractivity contribution in [1.29, 1.82) is 0 Å². The molecule has 0 fully saturated rings. The van der Waals surface area contributed by atoms with E-state index in [9.17, 15) is 9.50 Å². The van der Waals surface area contributed by atoms with Crippen LogP contribution >= 0.6 is 0 Å². The number of rotatable bonds is 9. The second kappa shape index (κ2) is 9.38. The van der Waals surface area contributed by atoms with Gasteiger partial charge in [0.1, 0.15) is 23.9 Å². The monoisotopic (exact) mass is 385 g/mol. The van der Waals surface area contributed by atoms with Crippen molar-refractivity contribution in [3.63, 3.8) is 0 Å². The lowest BCUT2D eigenvalue weighted by molar-refractivity contribution is 0.317. The highest BCUT2D eigenvalue weighted by molar-refractivity contribution is 5.59. The number of halogens is 1. The summed E-state index contributed by atoms with van der Waals surface area (Å²) in [6.07, 6.45) is 1.05. The predicted octanol–water partition coefficient (Wildman–Crippen LogP) is 3.07. The Morgan fingerprint density at radius 1 is 1.11 bits per heavy atom. The minimum atomic E-state index is -0.614. The molecule has 2 aromatic carbocycles. The van der Waals surface area contributed by atoms with E-state index in [-0.39, 0.29) is 17.5 Å². The molecule has 0 saturated carbocycles. The number of phenols is 1. The molecule has 0 amide bonds. The van der Waals surface area contributed by atoms with Gasteiger partial charge < -0.3 is 19.9 Å². The van der Waals surface area contributed by atoms with Gasteiger partial charge in [-0.05, 0) is 36.4 Å². The standard InChI is InChI=1S/C19H20FN5O3/c1-27-15-5-7-16(8-6-15)28-10-9-22-25-19-21-12-17(20)18(24-19)23-13-3-2-4-14(26)11-13/h2-8,11-12,22,26H,9-10H2,1H3,(H2,21,23,24,25). The van der Waals surface area contributed by atoms with Gasteiger partial charge in [-0.25, -0.2) is 14.8 Å². The molecule has 0 spiro atoms. The number of phenolic OH excluding ortho intramolecular Hbond substituents is 1. The van der Waals surface area contributed by atoms with Crippen LogP contribution in [0.2, 0.25) is 0 Å². The Balaban J connectivity index is 1.47. The first-order valence-corrected chi connectivity index (χ1v) is 8.48. The molecular weight excluding hydrogens is 365 g/mol. The molecule has 146 valence electrons. The van der Waals surface area contributed by atoms with Crippen molar-refractivity contribution >= 4 is 17.5 Å². The Bertz CT molecular complexity index is 908. The number of hydrogen-bond donors (Lipinski definition) is 4. The summed E-state index contributed by atoms with van der Waals surface area (Å²) in [4.78, 5) is 7.93. The van der Waals surface area contributed by atoms with E-state index in [2.05, 4.69) is 26.1 Å². The summed E-state index contributed by atoms with van der Waals surface area (Å²) in [5, 5.41) is 12.3. The van der Waals surface area contributed by atoms with E-state index in [0.29, 0.717) is 18.8 Å². The molecule has 0 saturated heterocycles. The van der Waals surface area contributed by atoms with Crippen LogP contribution in [-0.4, -0.2) is 35.3 Å². The van der Waals surface area contributed by atoms with Crippen molar-refractivity contribution in [2.75, 3.05) is 31.0 Å². The van der Waals surface area contributed by atoms with E-state index >= 15 is 0 Å². The molecule has 0 aliphatic heterocycles. The summed E-state index contributed by atoms with van der Waals surface area (Å²) in [7, 11) is 1.60. The van der Waals surface area contributed by atoms with Gasteiger partial charge in [0.05, 0.1) is 13.3 Å². The van der Waals surface area contributed by atoms with Gasteiger partial charge >= 0.3 is 0 Å². The smallest absolute Gasteiger partial charge is 0.239 e. The number of nitrogens with zero attached hydrogens (tertiary/aromatic N) is 2. The van der Waals surface area contributed by atoms with E-state index < -0.39 is 5.82 Å². The number of hydrazine groups is 1. The average molecular weight is 385 g/mol. The number of ether oxygens (including phenoxy) is 2. The molecule has 0 radical (unpaired) electrons. The Labute approximate surface area is 161 Å². The van der Waals surface area contributed by atoms with Crippen LogP contribution in [0, 0.1) is 5.82 Å². The third-order valence-electron chi connectivity index (χ3n) is 3.61. The highest BCUT2D eigenvalue weighted by atomic mass is 19.1. The van der Waals surface area contributed by atoms with Crippen molar-refractivity contribution < 1.29 is 19.0 Å². The minimum Gasteiger partial charge on any atom is -0.508 e. The lowest BCUT2D eigenvalue weighted by Gasteiger charge is -2.11. The van der Waals surface area contributed by atoms with Gasteiger partial charge in [0.2, 0.25) is 5.95 Å². The van der Waals surface area contributed by atoms with Gasteiger partial charge in [0, 0.05) is 18.3 Å². The fraction of sp³-hybridized carbons (Fsp3) is 0.158. The first kappa shape index (κ1) is 19.2. The highest BCUT2D eigenvalue weighted by Gasteiger charge is 2.07. The largest absolute Gasteiger partial charge is 0.508 e. The van der Waals surface area contributed by atoms with E-state index in [1.54, 1.807) is 19.2 Å². The zero-order chi connectivity index (χ0) is 19.8. The Morgan fingerprint density at radius 3 is 2.64 bits per heavy atom. The number of benzene rings is 2. The van der Waals surface area contributed by atoms with E-state index in [4.69, 9.17) is 9.47 Å². The van der Waals surface area contributed by atoms with Crippen LogP contribution in [0.3, 0.4) is 0 Å². The lowest BCUT2D eigenvalue weighted by atomic mass is 10.3. The van der Waals surface area contributed by atoms with Crippen molar-refractivity contribution in [2.45, 2.75) is 0 Å². The molecule has 4 N–H and O–H groups in total. The molecule has 1 heterocycles. The molecule has 8 nitrogen and oxygen atoms in total. The van der Waals surface area contributed by atoms with Gasteiger partial charge in [0.25, 0.3) is 0 Å². The van der Waals surface area contributed by atoms with Gasteiger partial charge in [-0.3, -0.25) is 5.43 Å². The molecule has 0 bridgehead atoms. The first-order valence-electron chi connectivity index (χ1n) is 8.48. The molecule has 0 aliphatic carbocycles. The van der Waals surface area contributed by atoms with Gasteiger partial charge in [-0.1, -0.05) is 6.07 Å². The Hall–Kier alpha value is -3.59. The van der Waals surface area contributed by atoms with Crippen LogP contribution < -0.4 is 25.6 Å². The predicted molar refractivity (Wildman–Crippen MR) is 103 cm³/mol. The van der Waals surface area contributed by atoms with Crippen LogP contribution in [0.4, 0.5) is 21.8 Å². The normalized spacial score (nSPS) is 10.4. The van der Waals surface area contributed by atoms with Crippen LogP contribution in [-0.2, 0) is 0 Å². The SMILES string of the molecule is COc1ccc(OCCNNc2ncc(F)c(Nc3cccc(O)c3)n2)cc1. The molecule has 3 rings (SSSR count). The van der Waals surface area contributed by atoms with Crippen LogP contribution in [0.15, 0.2) is 54.7 Å². The van der Waals surface area contributed by atoms with Crippen LogP contribution in [0.25, 0.3) is 0 Å². The summed E-state index contributed by atoms with van der Waals surface area (Å²) < 4.78 is 24.6. The number of nitrogens with one attached hydrogen (secondary N) is 3. The molecular formula is C19H20FN5O3. The summed E-state index contributed by atoms with van der Waals surface area (Å²) in [5.74, 6) is 1.11. The first-order chi connectivity index (χ1) is 13.6. The summed E-state index contributed by atoms with van der Waals surface area (Å²) in [6, 6.07) is 13.6. The van der Waals surface area contributed by atoms with Crippen LogP contribution in [0.1, 0.15) is 0 Å². The van der Waals surface area contributed by atoms with Gasteiger partial charge in [-0.15, -0.1) is 0 Å². The molecule has 1 aromatic heterocycles. The molecule has 0 aliphatic rings. The maximum Gasteiger partial charge on any atom is 0.239 e. The number of aromatic nitrogens is 2. The second-order valence-electron chi connectivity index (χ2n) is 5.64. The van der Waals surface area contributed by atoms with E-state index in [0.717, 1.165) is 17.7 Å². The summed E-state index contributed by atoms with van der Waals surface area (Å²) in [6.45, 7) is 0.858.